The van der Waals surface area contributed by atoms with Crippen LogP contribution >= 0.6 is 22.6 Å². The summed E-state index contributed by atoms with van der Waals surface area (Å²) in [6, 6.07) is 5.43. The number of carbonyl (C=O) groups excluding carboxylic acids is 1. The molecule has 0 aliphatic rings. The molecule has 0 heterocycles. The first kappa shape index (κ1) is 13.4. The van der Waals surface area contributed by atoms with E-state index in [1.807, 2.05) is 39.0 Å². The predicted molar refractivity (Wildman–Crippen MR) is 75.3 cm³/mol. The Morgan fingerprint density at radius 1 is 1.44 bits per heavy atom. The number of hydrogen-bond donors (Lipinski definition) is 2. The molecule has 16 heavy (non-hydrogen) atoms. The number of halogens is 1. The van der Waals surface area contributed by atoms with Gasteiger partial charge in [0.25, 0.3) is 0 Å². The van der Waals surface area contributed by atoms with Crippen LogP contribution in [0.15, 0.2) is 18.2 Å². The molecule has 0 aliphatic heterocycles. The lowest BCUT2D eigenvalue weighted by molar-refractivity contribution is -0.118. The molecule has 1 rings (SSSR count). The summed E-state index contributed by atoms with van der Waals surface area (Å²) in [5, 5.41) is 2.85. The van der Waals surface area contributed by atoms with E-state index in [-0.39, 0.29) is 11.8 Å². The second-order valence-electron chi connectivity index (χ2n) is 4.22. The fraction of sp³-hybridized carbons (Fsp3) is 0.417. The second-order valence-corrected chi connectivity index (χ2v) is 5.46. The predicted octanol–water partition coefficient (Wildman–Crippen LogP) is 2.52. The lowest BCUT2D eigenvalue weighted by Crippen LogP contribution is -2.39. The van der Waals surface area contributed by atoms with Gasteiger partial charge in [-0.3, -0.25) is 4.79 Å². The van der Waals surface area contributed by atoms with Crippen LogP contribution in [0.25, 0.3) is 0 Å². The summed E-state index contributed by atoms with van der Waals surface area (Å²) in [7, 11) is 0. The number of anilines is 1. The first-order chi connectivity index (χ1) is 7.41. The van der Waals surface area contributed by atoms with Crippen LogP contribution in [0.1, 0.15) is 19.4 Å². The minimum Gasteiger partial charge on any atom is -0.324 e. The van der Waals surface area contributed by atoms with Crippen molar-refractivity contribution in [3.63, 3.8) is 0 Å². The van der Waals surface area contributed by atoms with Crippen LogP contribution in [0, 0.1) is 16.4 Å². The van der Waals surface area contributed by atoms with Crippen molar-refractivity contribution in [3.8, 4) is 0 Å². The molecule has 1 amide bonds. The SMILES string of the molecule is Cc1cc(I)ccc1NC(=O)C(N)C(C)C. The van der Waals surface area contributed by atoms with Gasteiger partial charge in [0, 0.05) is 9.26 Å². The van der Waals surface area contributed by atoms with Crippen LogP contribution in [0.4, 0.5) is 5.69 Å². The third-order valence-electron chi connectivity index (χ3n) is 2.47. The zero-order valence-electron chi connectivity index (χ0n) is 9.75. The van der Waals surface area contributed by atoms with Gasteiger partial charge in [0.05, 0.1) is 6.04 Å². The number of rotatable bonds is 3. The average molecular weight is 332 g/mol. The van der Waals surface area contributed by atoms with Gasteiger partial charge in [-0.05, 0) is 59.2 Å². The topological polar surface area (TPSA) is 55.1 Å². The average Bonchev–Trinajstić information content (AvgIpc) is 2.20. The van der Waals surface area contributed by atoms with Crippen molar-refractivity contribution in [3.05, 3.63) is 27.3 Å². The molecule has 4 heteroatoms. The molecule has 3 nitrogen and oxygen atoms in total. The van der Waals surface area contributed by atoms with Crippen molar-refractivity contribution in [1.82, 2.24) is 0 Å². The molecule has 1 aromatic rings. The smallest absolute Gasteiger partial charge is 0.241 e. The maximum Gasteiger partial charge on any atom is 0.241 e. The molecule has 3 N–H and O–H groups in total. The Labute approximate surface area is 110 Å². The summed E-state index contributed by atoms with van der Waals surface area (Å²) < 4.78 is 1.15. The highest BCUT2D eigenvalue weighted by Crippen LogP contribution is 2.18. The normalized spacial score (nSPS) is 12.6. The van der Waals surface area contributed by atoms with Gasteiger partial charge in [-0.2, -0.15) is 0 Å². The first-order valence-corrected chi connectivity index (χ1v) is 6.32. The van der Waals surface area contributed by atoms with Crippen LogP contribution in [0.3, 0.4) is 0 Å². The quantitative estimate of drug-likeness (QED) is 0.836. The van der Waals surface area contributed by atoms with Gasteiger partial charge >= 0.3 is 0 Å². The molecule has 0 aliphatic carbocycles. The molecule has 0 saturated heterocycles. The van der Waals surface area contributed by atoms with E-state index in [2.05, 4.69) is 27.9 Å². The third-order valence-corrected chi connectivity index (χ3v) is 3.14. The molecular weight excluding hydrogens is 315 g/mol. The van der Waals surface area contributed by atoms with Crippen LogP contribution in [0.2, 0.25) is 0 Å². The molecule has 1 aromatic carbocycles. The minimum atomic E-state index is -0.460. The Morgan fingerprint density at radius 2 is 2.06 bits per heavy atom. The van der Waals surface area contributed by atoms with Gasteiger partial charge in [-0.25, -0.2) is 0 Å². The highest BCUT2D eigenvalue weighted by molar-refractivity contribution is 14.1. The van der Waals surface area contributed by atoms with Crippen molar-refractivity contribution in [1.29, 1.82) is 0 Å². The number of aryl methyl sites for hydroxylation is 1. The van der Waals surface area contributed by atoms with Gasteiger partial charge < -0.3 is 11.1 Å². The Hall–Kier alpha value is -0.620. The lowest BCUT2D eigenvalue weighted by atomic mass is 10.0. The molecule has 88 valence electrons. The van der Waals surface area contributed by atoms with Gasteiger partial charge in [0.15, 0.2) is 0 Å². The Kier molecular flexibility index (Phi) is 4.73. The van der Waals surface area contributed by atoms with E-state index in [4.69, 9.17) is 5.73 Å². The molecular formula is C12H17IN2O. The summed E-state index contributed by atoms with van der Waals surface area (Å²) in [6.07, 6.45) is 0. The van der Waals surface area contributed by atoms with Crippen molar-refractivity contribution < 1.29 is 4.79 Å². The first-order valence-electron chi connectivity index (χ1n) is 5.24. The van der Waals surface area contributed by atoms with Crippen molar-refractivity contribution >= 4 is 34.2 Å². The van der Waals surface area contributed by atoms with Crippen LogP contribution < -0.4 is 11.1 Å². The molecule has 0 spiro atoms. The largest absolute Gasteiger partial charge is 0.324 e. The highest BCUT2D eigenvalue weighted by atomic mass is 127. The number of hydrogen-bond acceptors (Lipinski definition) is 2. The molecule has 0 fully saturated rings. The van der Waals surface area contributed by atoms with Crippen molar-refractivity contribution in [2.45, 2.75) is 26.8 Å². The molecule has 1 atom stereocenters. The number of amides is 1. The number of nitrogens with one attached hydrogen (secondary N) is 1. The highest BCUT2D eigenvalue weighted by Gasteiger charge is 2.17. The van der Waals surface area contributed by atoms with Gasteiger partial charge in [0.2, 0.25) is 5.91 Å². The molecule has 0 bridgehead atoms. The minimum absolute atomic E-state index is 0.126. The van der Waals surface area contributed by atoms with E-state index in [9.17, 15) is 4.79 Å². The summed E-state index contributed by atoms with van der Waals surface area (Å²) in [5.74, 6) is 0.0171. The maximum absolute atomic E-state index is 11.8. The number of benzene rings is 1. The van der Waals surface area contributed by atoms with E-state index in [0.717, 1.165) is 14.8 Å². The monoisotopic (exact) mass is 332 g/mol. The van der Waals surface area contributed by atoms with Crippen molar-refractivity contribution in [2.75, 3.05) is 5.32 Å². The Morgan fingerprint density at radius 3 is 2.56 bits per heavy atom. The van der Waals surface area contributed by atoms with E-state index >= 15 is 0 Å². The van der Waals surface area contributed by atoms with E-state index < -0.39 is 6.04 Å². The number of nitrogens with two attached hydrogens (primary N) is 1. The van der Waals surface area contributed by atoms with Crippen LogP contribution in [-0.4, -0.2) is 11.9 Å². The van der Waals surface area contributed by atoms with Gasteiger partial charge in [-0.1, -0.05) is 13.8 Å². The zero-order chi connectivity index (χ0) is 12.3. The van der Waals surface area contributed by atoms with Gasteiger partial charge in [0.1, 0.15) is 0 Å². The summed E-state index contributed by atoms with van der Waals surface area (Å²) in [6.45, 7) is 5.84. The lowest BCUT2D eigenvalue weighted by Gasteiger charge is -2.16. The van der Waals surface area contributed by atoms with Crippen LogP contribution in [-0.2, 0) is 4.79 Å². The second kappa shape index (κ2) is 5.63. The third kappa shape index (κ3) is 3.45. The molecule has 0 aromatic heterocycles. The fourth-order valence-electron chi connectivity index (χ4n) is 1.29. The zero-order valence-corrected chi connectivity index (χ0v) is 11.9. The molecule has 1 unspecified atom stereocenters. The summed E-state index contributed by atoms with van der Waals surface area (Å²) >= 11 is 2.24. The van der Waals surface area contributed by atoms with Crippen LogP contribution in [0.5, 0.6) is 0 Å². The standard InChI is InChI=1S/C12H17IN2O/c1-7(2)11(14)12(16)15-10-5-4-9(13)6-8(10)3/h4-7,11H,14H2,1-3H3,(H,15,16). The Balaban J connectivity index is 2.77. The van der Waals surface area contributed by atoms with E-state index in [1.165, 1.54) is 0 Å². The molecule has 0 saturated carbocycles. The van der Waals surface area contributed by atoms with E-state index in [1.54, 1.807) is 0 Å². The summed E-state index contributed by atoms with van der Waals surface area (Å²) in [5.41, 5.74) is 7.66. The number of carbonyl (C=O) groups is 1. The molecule has 0 radical (unpaired) electrons. The maximum atomic E-state index is 11.8. The Bertz CT molecular complexity index is 391. The fourth-order valence-corrected chi connectivity index (χ4v) is 1.93. The van der Waals surface area contributed by atoms with Gasteiger partial charge in [-0.15, -0.1) is 0 Å². The van der Waals surface area contributed by atoms with Crippen molar-refractivity contribution in [2.24, 2.45) is 11.7 Å². The summed E-state index contributed by atoms with van der Waals surface area (Å²) in [4.78, 5) is 11.8. The van der Waals surface area contributed by atoms with E-state index in [0.29, 0.717) is 0 Å².